The minimum Gasteiger partial charge on any atom is -0.370 e. The Labute approximate surface area is 169 Å². The van der Waals surface area contributed by atoms with Gasteiger partial charge in [-0.05, 0) is 43.2 Å². The molecule has 2 aromatic rings. The summed E-state index contributed by atoms with van der Waals surface area (Å²) in [5.74, 6) is -0.00470. The van der Waals surface area contributed by atoms with E-state index in [2.05, 4.69) is 21.3 Å². The SMILES string of the molecule is CC1(C(=O)NCc2ccc(C#N)cn2)CCN(c2ccc(Cl)cc2C#N)CC1. The normalized spacial score (nSPS) is 15.4. The van der Waals surface area contributed by atoms with Crippen LogP contribution in [-0.4, -0.2) is 24.0 Å². The number of halogens is 1. The molecule has 6 nitrogen and oxygen atoms in total. The summed E-state index contributed by atoms with van der Waals surface area (Å²) < 4.78 is 0. The van der Waals surface area contributed by atoms with Gasteiger partial charge >= 0.3 is 0 Å². The van der Waals surface area contributed by atoms with Gasteiger partial charge in [-0.15, -0.1) is 0 Å². The van der Waals surface area contributed by atoms with Gasteiger partial charge < -0.3 is 10.2 Å². The van der Waals surface area contributed by atoms with Crippen molar-refractivity contribution < 1.29 is 4.79 Å². The molecule has 2 heterocycles. The Bertz CT molecular complexity index is 950. The van der Waals surface area contributed by atoms with Gasteiger partial charge in [0.05, 0.1) is 29.1 Å². The number of nitrogens with zero attached hydrogens (tertiary/aromatic N) is 4. The van der Waals surface area contributed by atoms with E-state index in [9.17, 15) is 10.1 Å². The summed E-state index contributed by atoms with van der Waals surface area (Å²) in [5, 5.41) is 21.7. The molecular weight excluding hydrogens is 374 g/mol. The monoisotopic (exact) mass is 393 g/mol. The first-order valence-electron chi connectivity index (χ1n) is 9.03. The van der Waals surface area contributed by atoms with E-state index < -0.39 is 5.41 Å². The van der Waals surface area contributed by atoms with Gasteiger partial charge in [0, 0.05) is 29.7 Å². The van der Waals surface area contributed by atoms with E-state index >= 15 is 0 Å². The van der Waals surface area contributed by atoms with E-state index in [1.165, 1.54) is 6.20 Å². The molecule has 1 aromatic carbocycles. The molecule has 0 atom stereocenters. The molecular formula is C21H20ClN5O. The van der Waals surface area contributed by atoms with Gasteiger partial charge in [0.1, 0.15) is 12.1 Å². The standard InChI is InChI=1S/C21H20ClN5O/c1-21(20(28)26-14-18-4-2-15(11-23)13-25-18)6-8-27(9-7-21)19-5-3-17(22)10-16(19)12-24/h2-5,10,13H,6-9,14H2,1H3,(H,26,28). The molecule has 1 aromatic heterocycles. The zero-order chi connectivity index (χ0) is 20.1. The Hall–Kier alpha value is -3.09. The van der Waals surface area contributed by atoms with E-state index in [0.717, 1.165) is 5.69 Å². The number of amides is 1. The van der Waals surface area contributed by atoms with E-state index in [-0.39, 0.29) is 5.91 Å². The van der Waals surface area contributed by atoms with Crippen molar-refractivity contribution >= 4 is 23.2 Å². The van der Waals surface area contributed by atoms with Gasteiger partial charge in [0.2, 0.25) is 5.91 Å². The summed E-state index contributed by atoms with van der Waals surface area (Å²) in [6.45, 7) is 3.68. The van der Waals surface area contributed by atoms with Crippen LogP contribution in [0.3, 0.4) is 0 Å². The molecule has 3 rings (SSSR count). The minimum absolute atomic E-state index is 0.00470. The van der Waals surface area contributed by atoms with Crippen molar-refractivity contribution in [2.24, 2.45) is 5.41 Å². The number of hydrogen-bond donors (Lipinski definition) is 1. The third kappa shape index (κ3) is 4.24. The molecule has 0 aliphatic carbocycles. The lowest BCUT2D eigenvalue weighted by Crippen LogP contribution is -2.47. The summed E-state index contributed by atoms with van der Waals surface area (Å²) in [6, 6.07) is 13.0. The molecule has 142 valence electrons. The molecule has 1 amide bonds. The van der Waals surface area contributed by atoms with Crippen molar-refractivity contribution in [1.29, 1.82) is 10.5 Å². The van der Waals surface area contributed by atoms with Gasteiger partial charge in [0.15, 0.2) is 0 Å². The maximum Gasteiger partial charge on any atom is 0.226 e. The Morgan fingerprint density at radius 1 is 1.25 bits per heavy atom. The highest BCUT2D eigenvalue weighted by Crippen LogP contribution is 2.35. The van der Waals surface area contributed by atoms with Crippen LogP contribution in [0.2, 0.25) is 5.02 Å². The first-order valence-corrected chi connectivity index (χ1v) is 9.41. The quantitative estimate of drug-likeness (QED) is 0.859. The van der Waals surface area contributed by atoms with Crippen LogP contribution in [0.1, 0.15) is 36.6 Å². The third-order valence-corrected chi connectivity index (χ3v) is 5.45. The van der Waals surface area contributed by atoms with Crippen molar-refractivity contribution in [1.82, 2.24) is 10.3 Å². The number of carbonyl (C=O) groups is 1. The maximum atomic E-state index is 12.7. The molecule has 0 spiro atoms. The molecule has 28 heavy (non-hydrogen) atoms. The van der Waals surface area contributed by atoms with Crippen molar-refractivity contribution in [2.45, 2.75) is 26.3 Å². The molecule has 0 radical (unpaired) electrons. The van der Waals surface area contributed by atoms with Crippen molar-refractivity contribution in [3.63, 3.8) is 0 Å². The van der Waals surface area contributed by atoms with Gasteiger partial charge in [-0.3, -0.25) is 9.78 Å². The fourth-order valence-electron chi connectivity index (χ4n) is 3.32. The number of piperidine rings is 1. The summed E-state index contributed by atoms with van der Waals surface area (Å²) in [6.07, 6.45) is 2.88. The van der Waals surface area contributed by atoms with Crippen molar-refractivity contribution in [2.75, 3.05) is 18.0 Å². The molecule has 1 saturated heterocycles. The van der Waals surface area contributed by atoms with Crippen LogP contribution in [0.15, 0.2) is 36.5 Å². The number of benzene rings is 1. The molecule has 0 unspecified atom stereocenters. The largest absolute Gasteiger partial charge is 0.370 e. The number of hydrogen-bond acceptors (Lipinski definition) is 5. The first-order chi connectivity index (χ1) is 13.4. The van der Waals surface area contributed by atoms with Gasteiger partial charge in [0.25, 0.3) is 0 Å². The molecule has 1 fully saturated rings. The Balaban J connectivity index is 1.60. The van der Waals surface area contributed by atoms with Crippen LogP contribution in [0.25, 0.3) is 0 Å². The van der Waals surface area contributed by atoms with E-state index in [0.29, 0.717) is 54.3 Å². The van der Waals surface area contributed by atoms with Crippen LogP contribution in [0.4, 0.5) is 5.69 Å². The van der Waals surface area contributed by atoms with Gasteiger partial charge in [-0.1, -0.05) is 18.5 Å². The Morgan fingerprint density at radius 2 is 2.00 bits per heavy atom. The summed E-state index contributed by atoms with van der Waals surface area (Å²) >= 11 is 5.98. The molecule has 0 saturated carbocycles. The number of carbonyl (C=O) groups excluding carboxylic acids is 1. The van der Waals surface area contributed by atoms with Crippen LogP contribution < -0.4 is 10.2 Å². The summed E-state index contributed by atoms with van der Waals surface area (Å²) in [5.41, 5.74) is 2.15. The maximum absolute atomic E-state index is 12.7. The summed E-state index contributed by atoms with van der Waals surface area (Å²) in [7, 11) is 0. The fraction of sp³-hybridized carbons (Fsp3) is 0.333. The summed E-state index contributed by atoms with van der Waals surface area (Å²) in [4.78, 5) is 19.1. The van der Waals surface area contributed by atoms with E-state index in [4.69, 9.17) is 16.9 Å². The highest BCUT2D eigenvalue weighted by Gasteiger charge is 2.37. The molecule has 0 bridgehead atoms. The fourth-order valence-corrected chi connectivity index (χ4v) is 3.49. The predicted molar refractivity (Wildman–Crippen MR) is 107 cm³/mol. The zero-order valence-electron chi connectivity index (χ0n) is 15.6. The van der Waals surface area contributed by atoms with Crippen molar-refractivity contribution in [3.05, 3.63) is 58.4 Å². The second kappa shape index (κ2) is 8.29. The van der Waals surface area contributed by atoms with Gasteiger partial charge in [-0.25, -0.2) is 0 Å². The topological polar surface area (TPSA) is 92.8 Å². The number of anilines is 1. The lowest BCUT2D eigenvalue weighted by atomic mass is 9.79. The van der Waals surface area contributed by atoms with Crippen LogP contribution >= 0.6 is 11.6 Å². The van der Waals surface area contributed by atoms with Gasteiger partial charge in [-0.2, -0.15) is 10.5 Å². The average molecular weight is 394 g/mol. The predicted octanol–water partition coefficient (Wildman–Crippen LogP) is 3.40. The van der Waals surface area contributed by atoms with Crippen LogP contribution in [-0.2, 0) is 11.3 Å². The number of nitrogens with one attached hydrogen (secondary N) is 1. The Kier molecular flexibility index (Phi) is 5.82. The smallest absolute Gasteiger partial charge is 0.226 e. The molecule has 1 N–H and O–H groups in total. The number of pyridine rings is 1. The first kappa shape index (κ1) is 19.7. The minimum atomic E-state index is -0.470. The average Bonchev–Trinajstić information content (AvgIpc) is 2.73. The molecule has 1 aliphatic heterocycles. The highest BCUT2D eigenvalue weighted by molar-refractivity contribution is 6.30. The molecule has 1 aliphatic rings. The lowest BCUT2D eigenvalue weighted by molar-refractivity contribution is -0.131. The zero-order valence-corrected chi connectivity index (χ0v) is 16.3. The number of nitriles is 2. The molecule has 7 heteroatoms. The number of aromatic nitrogens is 1. The second-order valence-electron chi connectivity index (χ2n) is 7.15. The number of rotatable bonds is 4. The lowest BCUT2D eigenvalue weighted by Gasteiger charge is -2.39. The highest BCUT2D eigenvalue weighted by atomic mass is 35.5. The van der Waals surface area contributed by atoms with Crippen molar-refractivity contribution in [3.8, 4) is 12.1 Å². The third-order valence-electron chi connectivity index (χ3n) is 5.22. The van der Waals surface area contributed by atoms with E-state index in [1.54, 1.807) is 24.3 Å². The van der Waals surface area contributed by atoms with Crippen LogP contribution in [0.5, 0.6) is 0 Å². The Morgan fingerprint density at radius 3 is 2.61 bits per heavy atom. The van der Waals surface area contributed by atoms with E-state index in [1.807, 2.05) is 19.1 Å². The second-order valence-corrected chi connectivity index (χ2v) is 7.59. The van der Waals surface area contributed by atoms with Crippen LogP contribution in [0, 0.1) is 28.1 Å².